The predicted octanol–water partition coefficient (Wildman–Crippen LogP) is 5.03. The van der Waals surface area contributed by atoms with Gasteiger partial charge in [0, 0.05) is 17.2 Å². The number of carbonyl (C=O) groups is 1. The summed E-state index contributed by atoms with van der Waals surface area (Å²) < 4.78 is 40.8. The first-order valence-corrected chi connectivity index (χ1v) is 7.97. The zero-order chi connectivity index (χ0) is 23.0. The number of benzene rings is 2. The molecule has 2 aromatic carbocycles. The van der Waals surface area contributed by atoms with Gasteiger partial charge in [-0.3, -0.25) is 40.0 Å². The fraction of sp³-hybridized carbons (Fsp3) is 0.0714. The van der Waals surface area contributed by atoms with E-state index in [1.807, 2.05) is 0 Å². The molecule has 158 valence electrons. The molecule has 0 heterocycles. The molecule has 30 heavy (non-hydrogen) atoms. The van der Waals surface area contributed by atoms with E-state index in [1.165, 1.54) is 0 Å². The van der Waals surface area contributed by atoms with Gasteiger partial charge in [-0.25, -0.2) is 0 Å². The van der Waals surface area contributed by atoms with Crippen molar-refractivity contribution in [3.63, 3.8) is 0 Å². The van der Waals surface area contributed by atoms with E-state index in [0.29, 0.717) is 6.07 Å². The number of amides is 1. The Morgan fingerprint density at radius 1 is 0.867 bits per heavy atom. The number of nitrogens with zero attached hydrogens (tertiary/aromatic N) is 4. The van der Waals surface area contributed by atoms with Crippen LogP contribution in [0.3, 0.4) is 0 Å². The topological polar surface area (TPSA) is 150 Å². The number of alkyl halides is 3. The molecule has 0 N–H and O–H groups in total. The molecule has 0 aromatic heterocycles. The molecule has 2 aromatic rings. The Kier molecular flexibility index (Phi) is 6.13. The highest BCUT2D eigenvalue weighted by Gasteiger charge is 2.43. The minimum Gasteiger partial charge on any atom is -0.278 e. The standard InChI is InChI=1S/C14H5Cl2F3N4O7/c15-6-1-9(16)13(10(2-6)22(27)28)20(5-24)12-8(14(17,18)19)3-7(21(25)26)4-11(12)23(29)30/h1-5H. The average Bonchev–Trinajstić information content (AvgIpc) is 2.61. The molecule has 0 aliphatic carbocycles. The third-order valence-corrected chi connectivity index (χ3v) is 4.09. The third-order valence-electron chi connectivity index (χ3n) is 3.58. The summed E-state index contributed by atoms with van der Waals surface area (Å²) in [6.45, 7) is 0. The van der Waals surface area contributed by atoms with Crippen LogP contribution in [0, 0.1) is 30.3 Å². The summed E-state index contributed by atoms with van der Waals surface area (Å²) in [6.07, 6.45) is -5.81. The van der Waals surface area contributed by atoms with E-state index < -0.39 is 60.0 Å². The second-order valence-electron chi connectivity index (χ2n) is 5.36. The van der Waals surface area contributed by atoms with Crippen molar-refractivity contribution in [3.8, 4) is 0 Å². The summed E-state index contributed by atoms with van der Waals surface area (Å²) in [7, 11) is 0. The largest absolute Gasteiger partial charge is 0.418 e. The molecular formula is C14H5Cl2F3N4O7. The second kappa shape index (κ2) is 8.08. The van der Waals surface area contributed by atoms with E-state index in [9.17, 15) is 48.3 Å². The van der Waals surface area contributed by atoms with Gasteiger partial charge < -0.3 is 0 Å². The van der Waals surface area contributed by atoms with Gasteiger partial charge in [-0.05, 0) is 6.07 Å². The maximum atomic E-state index is 13.6. The van der Waals surface area contributed by atoms with Crippen molar-refractivity contribution in [3.05, 3.63) is 70.2 Å². The highest BCUT2D eigenvalue weighted by atomic mass is 35.5. The van der Waals surface area contributed by atoms with Crippen LogP contribution in [-0.2, 0) is 11.0 Å². The van der Waals surface area contributed by atoms with Crippen LogP contribution in [0.4, 0.5) is 41.6 Å². The Morgan fingerprint density at radius 2 is 1.40 bits per heavy atom. The normalized spacial score (nSPS) is 11.1. The SMILES string of the molecule is O=CN(c1c(Cl)cc(Cl)cc1[N+](=O)[O-])c1c([N+](=O)[O-])cc([N+](=O)[O-])cc1C(F)(F)F. The molecule has 0 aliphatic rings. The lowest BCUT2D eigenvalue weighted by Crippen LogP contribution is -2.22. The highest BCUT2D eigenvalue weighted by Crippen LogP contribution is 2.49. The van der Waals surface area contributed by atoms with Crippen molar-refractivity contribution in [2.45, 2.75) is 6.18 Å². The van der Waals surface area contributed by atoms with Crippen molar-refractivity contribution in [1.82, 2.24) is 0 Å². The lowest BCUT2D eigenvalue weighted by Gasteiger charge is -2.22. The van der Waals surface area contributed by atoms with Crippen LogP contribution in [0.25, 0.3) is 0 Å². The van der Waals surface area contributed by atoms with Gasteiger partial charge in [0.1, 0.15) is 11.4 Å². The van der Waals surface area contributed by atoms with E-state index in [0.717, 1.165) is 6.07 Å². The van der Waals surface area contributed by atoms with Gasteiger partial charge in [-0.2, -0.15) is 13.2 Å². The zero-order valence-corrected chi connectivity index (χ0v) is 15.4. The van der Waals surface area contributed by atoms with Crippen LogP contribution in [0.15, 0.2) is 24.3 Å². The molecule has 0 bridgehead atoms. The third kappa shape index (κ3) is 4.23. The van der Waals surface area contributed by atoms with E-state index in [4.69, 9.17) is 23.2 Å². The molecule has 0 saturated heterocycles. The first kappa shape index (κ1) is 22.8. The number of rotatable bonds is 6. The van der Waals surface area contributed by atoms with Crippen LogP contribution in [0.2, 0.25) is 10.0 Å². The van der Waals surface area contributed by atoms with E-state index in [2.05, 4.69) is 0 Å². The maximum Gasteiger partial charge on any atom is 0.418 e. The first-order valence-electron chi connectivity index (χ1n) is 7.21. The quantitative estimate of drug-likeness (QED) is 0.327. The molecule has 16 heteroatoms. The Balaban J connectivity index is 3.05. The molecule has 0 aliphatic heterocycles. The molecule has 0 atom stereocenters. The van der Waals surface area contributed by atoms with Crippen LogP contribution in [0.1, 0.15) is 5.56 Å². The summed E-state index contributed by atoms with van der Waals surface area (Å²) >= 11 is 11.5. The van der Waals surface area contributed by atoms with Crippen molar-refractivity contribution in [2.24, 2.45) is 0 Å². The number of carbonyl (C=O) groups excluding carboxylic acids is 1. The molecule has 1 amide bonds. The molecular weight excluding hydrogens is 464 g/mol. The molecule has 2 rings (SSSR count). The lowest BCUT2D eigenvalue weighted by molar-refractivity contribution is -0.394. The van der Waals surface area contributed by atoms with Gasteiger partial charge in [0.05, 0.1) is 31.4 Å². The van der Waals surface area contributed by atoms with Crippen molar-refractivity contribution < 1.29 is 32.7 Å². The number of halogens is 5. The fourth-order valence-corrected chi connectivity index (χ4v) is 3.04. The molecule has 0 unspecified atom stereocenters. The maximum absolute atomic E-state index is 13.6. The Labute approximate surface area is 172 Å². The highest BCUT2D eigenvalue weighted by molar-refractivity contribution is 6.37. The molecule has 0 saturated carbocycles. The number of non-ortho nitro benzene ring substituents is 1. The average molecular weight is 469 g/mol. The van der Waals surface area contributed by atoms with E-state index >= 15 is 0 Å². The molecule has 11 nitrogen and oxygen atoms in total. The van der Waals surface area contributed by atoms with Crippen molar-refractivity contribution in [1.29, 1.82) is 0 Å². The van der Waals surface area contributed by atoms with Crippen molar-refractivity contribution >= 4 is 58.0 Å². The van der Waals surface area contributed by atoms with Gasteiger partial charge in [-0.1, -0.05) is 23.2 Å². The predicted molar refractivity (Wildman–Crippen MR) is 96.1 cm³/mol. The van der Waals surface area contributed by atoms with Crippen LogP contribution in [0.5, 0.6) is 0 Å². The van der Waals surface area contributed by atoms with Gasteiger partial charge in [0.25, 0.3) is 11.4 Å². The van der Waals surface area contributed by atoms with Crippen molar-refractivity contribution in [2.75, 3.05) is 4.90 Å². The molecule has 0 spiro atoms. The summed E-state index contributed by atoms with van der Waals surface area (Å²) in [6, 6.07) is 1.64. The minimum absolute atomic E-state index is 0.0471. The zero-order valence-electron chi connectivity index (χ0n) is 13.9. The Morgan fingerprint density at radius 3 is 1.83 bits per heavy atom. The number of anilines is 2. The Hall–Kier alpha value is -3.52. The van der Waals surface area contributed by atoms with E-state index in [1.54, 1.807) is 0 Å². The van der Waals surface area contributed by atoms with Crippen LogP contribution >= 0.6 is 23.2 Å². The molecule has 0 radical (unpaired) electrons. The number of hydrogen-bond acceptors (Lipinski definition) is 7. The first-order chi connectivity index (χ1) is 13.8. The summed E-state index contributed by atoms with van der Waals surface area (Å²) in [5.74, 6) is 0. The molecule has 0 fully saturated rings. The summed E-state index contributed by atoms with van der Waals surface area (Å²) in [5, 5.41) is 32.6. The van der Waals surface area contributed by atoms with Gasteiger partial charge >= 0.3 is 11.9 Å². The van der Waals surface area contributed by atoms with Crippen LogP contribution in [-0.4, -0.2) is 21.2 Å². The number of nitro groups is 3. The summed E-state index contributed by atoms with van der Waals surface area (Å²) in [5.41, 5.74) is -8.26. The number of nitro benzene ring substituents is 3. The summed E-state index contributed by atoms with van der Waals surface area (Å²) in [4.78, 5) is 41.4. The fourth-order valence-electron chi connectivity index (χ4n) is 2.47. The smallest absolute Gasteiger partial charge is 0.278 e. The van der Waals surface area contributed by atoms with Crippen LogP contribution < -0.4 is 4.90 Å². The van der Waals surface area contributed by atoms with Gasteiger partial charge in [0.2, 0.25) is 6.41 Å². The monoisotopic (exact) mass is 468 g/mol. The van der Waals surface area contributed by atoms with E-state index in [-0.39, 0.29) is 28.5 Å². The minimum atomic E-state index is -5.43. The van der Waals surface area contributed by atoms with Gasteiger partial charge in [-0.15, -0.1) is 0 Å². The lowest BCUT2D eigenvalue weighted by atomic mass is 10.1. The second-order valence-corrected chi connectivity index (χ2v) is 6.20. The number of hydrogen-bond donors (Lipinski definition) is 0. The Bertz CT molecular complexity index is 1090. The van der Waals surface area contributed by atoms with Gasteiger partial charge in [0.15, 0.2) is 0 Å².